The van der Waals surface area contributed by atoms with Gasteiger partial charge in [-0.05, 0) is 66.2 Å². The zero-order valence-electron chi connectivity index (χ0n) is 20.7. The second-order valence-corrected chi connectivity index (χ2v) is 8.89. The summed E-state index contributed by atoms with van der Waals surface area (Å²) >= 11 is 0. The molecule has 0 aliphatic carbocycles. The van der Waals surface area contributed by atoms with Gasteiger partial charge in [0.1, 0.15) is 11.8 Å². The summed E-state index contributed by atoms with van der Waals surface area (Å²) in [4.78, 5) is 18.8. The second kappa shape index (κ2) is 10.4. The van der Waals surface area contributed by atoms with Crippen molar-refractivity contribution in [1.82, 2.24) is 30.1 Å². The van der Waals surface area contributed by atoms with E-state index in [2.05, 4.69) is 25.4 Å². The normalized spacial score (nSPS) is 15.1. The summed E-state index contributed by atoms with van der Waals surface area (Å²) in [5.41, 5.74) is 2.13. The maximum atomic E-state index is 13.5. The van der Waals surface area contributed by atoms with Crippen LogP contribution in [0.3, 0.4) is 0 Å². The smallest absolute Gasteiger partial charge is 0.253 e. The molecule has 1 saturated heterocycles. The number of H-pyrrole nitrogens is 1. The molecule has 1 fully saturated rings. The standard InChI is InChI=1S/C26H30N6O4/c1-34-19-9-7-17(8-10-19)16-32-25(28-29-30-32)24(31-11-5-4-6-12-31)20-13-18-14-22(35-2)23(36-3)15-21(18)27-26(20)33/h7-10,13-15,24H,4-6,11-12,16H2,1-3H3,(H,27,33). The molecule has 10 nitrogen and oxygen atoms in total. The Labute approximate surface area is 208 Å². The average Bonchev–Trinajstić information content (AvgIpc) is 3.37. The number of nitrogens with one attached hydrogen (secondary N) is 1. The van der Waals surface area contributed by atoms with Crippen molar-refractivity contribution in [2.45, 2.75) is 31.8 Å². The van der Waals surface area contributed by atoms with E-state index in [-0.39, 0.29) is 11.6 Å². The molecule has 188 valence electrons. The van der Waals surface area contributed by atoms with Crippen molar-refractivity contribution < 1.29 is 14.2 Å². The number of methoxy groups -OCH3 is 3. The van der Waals surface area contributed by atoms with Gasteiger partial charge in [0.15, 0.2) is 17.3 Å². The minimum Gasteiger partial charge on any atom is -0.497 e. The van der Waals surface area contributed by atoms with Crippen molar-refractivity contribution >= 4 is 10.9 Å². The maximum Gasteiger partial charge on any atom is 0.253 e. The number of likely N-dealkylation sites (tertiary alicyclic amines) is 1. The summed E-state index contributed by atoms with van der Waals surface area (Å²) in [7, 11) is 4.82. The van der Waals surface area contributed by atoms with Crippen LogP contribution in [0.15, 0.2) is 47.3 Å². The number of hydrogen-bond acceptors (Lipinski definition) is 8. The van der Waals surface area contributed by atoms with E-state index >= 15 is 0 Å². The molecule has 5 rings (SSSR count). The van der Waals surface area contributed by atoms with Crippen molar-refractivity contribution in [3.63, 3.8) is 0 Å². The van der Waals surface area contributed by atoms with Gasteiger partial charge in [-0.15, -0.1) is 5.10 Å². The minimum atomic E-state index is -0.389. The molecule has 1 unspecified atom stereocenters. The highest BCUT2D eigenvalue weighted by Gasteiger charge is 2.31. The molecule has 1 aliphatic heterocycles. The number of nitrogens with zero attached hydrogens (tertiary/aromatic N) is 5. The number of aromatic nitrogens is 5. The molecule has 1 aliphatic rings. The summed E-state index contributed by atoms with van der Waals surface area (Å²) in [5, 5.41) is 13.5. The van der Waals surface area contributed by atoms with Gasteiger partial charge >= 0.3 is 0 Å². The molecule has 2 aromatic carbocycles. The van der Waals surface area contributed by atoms with Crippen LogP contribution in [0.5, 0.6) is 17.2 Å². The van der Waals surface area contributed by atoms with Crippen molar-refractivity contribution in [2.75, 3.05) is 34.4 Å². The van der Waals surface area contributed by atoms with E-state index in [1.807, 2.05) is 36.4 Å². The first-order valence-electron chi connectivity index (χ1n) is 12.0. The minimum absolute atomic E-state index is 0.177. The number of hydrogen-bond donors (Lipinski definition) is 1. The number of fused-ring (bicyclic) bond motifs is 1. The fourth-order valence-corrected chi connectivity index (χ4v) is 4.85. The zero-order valence-corrected chi connectivity index (χ0v) is 20.7. The van der Waals surface area contributed by atoms with Gasteiger partial charge in [-0.1, -0.05) is 18.6 Å². The van der Waals surface area contributed by atoms with E-state index < -0.39 is 0 Å². The molecule has 0 radical (unpaired) electrons. The van der Waals surface area contributed by atoms with Crippen LogP contribution in [-0.2, 0) is 6.54 Å². The summed E-state index contributed by atoms with van der Waals surface area (Å²) < 4.78 is 18.0. The molecule has 1 N–H and O–H groups in total. The van der Waals surface area contributed by atoms with E-state index in [1.165, 1.54) is 6.42 Å². The van der Waals surface area contributed by atoms with Gasteiger partial charge in [0.05, 0.1) is 33.4 Å². The Morgan fingerprint density at radius 3 is 2.36 bits per heavy atom. The van der Waals surface area contributed by atoms with Crippen LogP contribution in [0.25, 0.3) is 10.9 Å². The molecule has 0 amide bonds. The van der Waals surface area contributed by atoms with Crippen molar-refractivity contribution in [1.29, 1.82) is 0 Å². The molecule has 0 bridgehead atoms. The lowest BCUT2D eigenvalue weighted by Gasteiger charge is -2.33. The Hall–Kier alpha value is -3.92. The van der Waals surface area contributed by atoms with Crippen molar-refractivity contribution in [3.05, 3.63) is 69.8 Å². The predicted octanol–water partition coefficient (Wildman–Crippen LogP) is 3.16. The third-order valence-corrected chi connectivity index (χ3v) is 6.72. The summed E-state index contributed by atoms with van der Waals surface area (Å²) in [5.74, 6) is 2.58. The van der Waals surface area contributed by atoms with Crippen LogP contribution in [0.4, 0.5) is 0 Å². The topological polar surface area (TPSA) is 107 Å². The molecular formula is C26H30N6O4. The third kappa shape index (κ3) is 4.64. The summed E-state index contributed by atoms with van der Waals surface area (Å²) in [6.45, 7) is 2.21. The first kappa shape index (κ1) is 23.8. The summed E-state index contributed by atoms with van der Waals surface area (Å²) in [6, 6.07) is 13.0. The van der Waals surface area contributed by atoms with Gasteiger partial charge in [-0.25, -0.2) is 4.68 Å². The lowest BCUT2D eigenvalue weighted by molar-refractivity contribution is 0.177. The van der Waals surface area contributed by atoms with Crippen molar-refractivity contribution in [3.8, 4) is 17.2 Å². The van der Waals surface area contributed by atoms with Crippen LogP contribution in [-0.4, -0.2) is 64.5 Å². The van der Waals surface area contributed by atoms with Crippen LogP contribution >= 0.6 is 0 Å². The average molecular weight is 491 g/mol. The molecule has 4 aromatic rings. The highest BCUT2D eigenvalue weighted by molar-refractivity contribution is 5.83. The van der Waals surface area contributed by atoms with E-state index in [0.29, 0.717) is 34.9 Å². The van der Waals surface area contributed by atoms with Gasteiger partial charge in [-0.2, -0.15) is 0 Å². The monoisotopic (exact) mass is 490 g/mol. The van der Waals surface area contributed by atoms with E-state index in [4.69, 9.17) is 14.2 Å². The molecule has 36 heavy (non-hydrogen) atoms. The fraction of sp³-hybridized carbons (Fsp3) is 0.385. The predicted molar refractivity (Wildman–Crippen MR) is 135 cm³/mol. The van der Waals surface area contributed by atoms with E-state index in [0.717, 1.165) is 42.6 Å². The van der Waals surface area contributed by atoms with Crippen LogP contribution < -0.4 is 19.8 Å². The number of benzene rings is 2. The molecular weight excluding hydrogens is 460 g/mol. The van der Waals surface area contributed by atoms with Crippen LogP contribution in [0.2, 0.25) is 0 Å². The van der Waals surface area contributed by atoms with E-state index in [9.17, 15) is 4.79 Å². The zero-order chi connectivity index (χ0) is 25.1. The fourth-order valence-electron chi connectivity index (χ4n) is 4.85. The van der Waals surface area contributed by atoms with Crippen LogP contribution in [0, 0.1) is 0 Å². The Balaban J connectivity index is 1.60. The first-order valence-corrected chi connectivity index (χ1v) is 12.0. The molecule has 1 atom stereocenters. The first-order chi connectivity index (χ1) is 17.6. The van der Waals surface area contributed by atoms with Gasteiger partial charge in [0, 0.05) is 17.0 Å². The van der Waals surface area contributed by atoms with Gasteiger partial charge in [0.25, 0.3) is 5.56 Å². The molecule has 10 heteroatoms. The lowest BCUT2D eigenvalue weighted by atomic mass is 10.00. The quantitative estimate of drug-likeness (QED) is 0.401. The van der Waals surface area contributed by atoms with Crippen LogP contribution in [0.1, 0.15) is 42.3 Å². The van der Waals surface area contributed by atoms with Crippen molar-refractivity contribution in [2.24, 2.45) is 0 Å². The Morgan fingerprint density at radius 1 is 0.944 bits per heavy atom. The lowest BCUT2D eigenvalue weighted by Crippen LogP contribution is -2.38. The van der Waals surface area contributed by atoms with E-state index in [1.54, 1.807) is 32.1 Å². The second-order valence-electron chi connectivity index (χ2n) is 8.89. The number of pyridine rings is 1. The molecule has 3 heterocycles. The number of tetrazole rings is 1. The highest BCUT2D eigenvalue weighted by Crippen LogP contribution is 2.34. The Kier molecular flexibility index (Phi) is 6.86. The largest absolute Gasteiger partial charge is 0.497 e. The molecule has 0 saturated carbocycles. The SMILES string of the molecule is COc1ccc(Cn2nnnc2C(c2cc3cc(OC)c(OC)cc3[nH]c2=O)N2CCCCC2)cc1. The Morgan fingerprint density at radius 2 is 1.67 bits per heavy atom. The molecule has 0 spiro atoms. The number of aromatic amines is 1. The molecule has 2 aromatic heterocycles. The number of piperidine rings is 1. The van der Waals surface area contributed by atoms with Gasteiger partial charge < -0.3 is 19.2 Å². The third-order valence-electron chi connectivity index (χ3n) is 6.72. The Bertz CT molecular complexity index is 1390. The summed E-state index contributed by atoms with van der Waals surface area (Å²) in [6.07, 6.45) is 3.30. The van der Waals surface area contributed by atoms with Gasteiger partial charge in [-0.3, -0.25) is 9.69 Å². The number of ether oxygens (including phenoxy) is 3. The highest BCUT2D eigenvalue weighted by atomic mass is 16.5. The maximum absolute atomic E-state index is 13.5. The number of rotatable bonds is 8. The van der Waals surface area contributed by atoms with Gasteiger partial charge in [0.2, 0.25) is 0 Å².